The molecule has 1 aromatic heterocycles. The van der Waals surface area contributed by atoms with Gasteiger partial charge in [-0.05, 0) is 37.0 Å². The van der Waals surface area contributed by atoms with Crippen LogP contribution in [0, 0.1) is 0 Å². The number of ether oxygens (including phenoxy) is 1. The summed E-state index contributed by atoms with van der Waals surface area (Å²) in [5.74, 6) is 2.80. The quantitative estimate of drug-likeness (QED) is 0.331. The smallest absolute Gasteiger partial charge is 0.191 e. The van der Waals surface area contributed by atoms with Gasteiger partial charge in [-0.3, -0.25) is 0 Å². The highest BCUT2D eigenvalue weighted by atomic mass is 127. The van der Waals surface area contributed by atoms with Gasteiger partial charge in [0.25, 0.3) is 0 Å². The van der Waals surface area contributed by atoms with Crippen molar-refractivity contribution >= 4 is 29.9 Å². The lowest BCUT2D eigenvalue weighted by molar-refractivity contribution is 0.357. The molecule has 154 valence electrons. The van der Waals surface area contributed by atoms with E-state index < -0.39 is 0 Å². The average Bonchev–Trinajstić information content (AvgIpc) is 3.31. The molecule has 1 aliphatic heterocycles. The second-order valence-corrected chi connectivity index (χ2v) is 6.65. The fourth-order valence-electron chi connectivity index (χ4n) is 3.34. The van der Waals surface area contributed by atoms with Crippen LogP contribution in [0.1, 0.15) is 48.9 Å². The van der Waals surface area contributed by atoms with Crippen molar-refractivity contribution in [3.63, 3.8) is 0 Å². The molecular formula is C21H31IN4O2. The number of aryl methyl sites for hydroxylation is 2. The molecule has 6 nitrogen and oxygen atoms in total. The molecule has 0 spiro atoms. The minimum Gasteiger partial charge on any atom is -0.493 e. The van der Waals surface area contributed by atoms with E-state index in [1.54, 1.807) is 0 Å². The zero-order valence-corrected chi connectivity index (χ0v) is 19.3. The van der Waals surface area contributed by atoms with Gasteiger partial charge in [0.05, 0.1) is 18.8 Å². The molecule has 0 radical (unpaired) electrons. The van der Waals surface area contributed by atoms with E-state index in [1.165, 1.54) is 11.1 Å². The molecule has 0 fully saturated rings. The third-order valence-electron chi connectivity index (χ3n) is 4.81. The van der Waals surface area contributed by atoms with Crippen LogP contribution in [0.25, 0.3) is 0 Å². The number of nitrogens with one attached hydrogen (secondary N) is 2. The third kappa shape index (κ3) is 5.62. The van der Waals surface area contributed by atoms with Gasteiger partial charge in [-0.1, -0.05) is 31.1 Å². The number of halogens is 1. The van der Waals surface area contributed by atoms with Gasteiger partial charge >= 0.3 is 0 Å². The van der Waals surface area contributed by atoms with E-state index in [2.05, 4.69) is 54.8 Å². The molecule has 2 N–H and O–H groups in total. The van der Waals surface area contributed by atoms with Crippen LogP contribution in [0.2, 0.25) is 0 Å². The molecule has 3 rings (SSSR count). The third-order valence-corrected chi connectivity index (χ3v) is 4.81. The molecule has 0 aliphatic carbocycles. The molecule has 0 bridgehead atoms. The Morgan fingerprint density at radius 1 is 1.18 bits per heavy atom. The average molecular weight is 498 g/mol. The number of nitrogens with zero attached hydrogens (tertiary/aromatic N) is 2. The fourth-order valence-corrected chi connectivity index (χ4v) is 3.34. The molecule has 1 aromatic carbocycles. The lowest BCUT2D eigenvalue weighted by Crippen LogP contribution is -2.38. The van der Waals surface area contributed by atoms with Gasteiger partial charge in [-0.15, -0.1) is 24.0 Å². The van der Waals surface area contributed by atoms with Gasteiger partial charge in [0.2, 0.25) is 0 Å². The fraction of sp³-hybridized carbons (Fsp3) is 0.524. The van der Waals surface area contributed by atoms with Gasteiger partial charge in [-0.25, -0.2) is 4.99 Å². The van der Waals surface area contributed by atoms with Crippen molar-refractivity contribution in [2.24, 2.45) is 4.99 Å². The van der Waals surface area contributed by atoms with Crippen LogP contribution >= 0.6 is 24.0 Å². The number of aliphatic imine (C=N–C) groups is 1. The highest BCUT2D eigenvalue weighted by Gasteiger charge is 2.14. The minimum absolute atomic E-state index is 0. The molecule has 7 heteroatoms. The van der Waals surface area contributed by atoms with Gasteiger partial charge < -0.3 is 19.9 Å². The topological polar surface area (TPSA) is 71.7 Å². The standard InChI is InChI=1S/C21H30N4O2.HI/c1-4-18-17(19(5-2)27-25-18)14-24-21(22-6-3)23-11-9-15-7-8-20-16(13-15)10-12-26-20;/h7-8,13H,4-6,9-12,14H2,1-3H3,(H2,22,23,24);1H. The van der Waals surface area contributed by atoms with Gasteiger partial charge in [0.15, 0.2) is 5.96 Å². The summed E-state index contributed by atoms with van der Waals surface area (Å²) >= 11 is 0. The Morgan fingerprint density at radius 3 is 2.79 bits per heavy atom. The van der Waals surface area contributed by atoms with Gasteiger partial charge in [-0.2, -0.15) is 0 Å². The zero-order valence-electron chi connectivity index (χ0n) is 17.0. The molecule has 0 saturated heterocycles. The minimum atomic E-state index is 0. The maximum Gasteiger partial charge on any atom is 0.191 e. The summed E-state index contributed by atoms with van der Waals surface area (Å²) in [6.07, 6.45) is 3.66. The Balaban J connectivity index is 0.00000280. The van der Waals surface area contributed by atoms with Crippen LogP contribution in [0.4, 0.5) is 0 Å². The number of benzene rings is 1. The second-order valence-electron chi connectivity index (χ2n) is 6.65. The maximum absolute atomic E-state index is 5.58. The first-order chi connectivity index (χ1) is 13.2. The lowest BCUT2D eigenvalue weighted by atomic mass is 10.1. The molecule has 2 heterocycles. The molecule has 2 aromatic rings. The summed E-state index contributed by atoms with van der Waals surface area (Å²) in [6, 6.07) is 6.49. The van der Waals surface area contributed by atoms with Crippen molar-refractivity contribution in [1.82, 2.24) is 15.8 Å². The van der Waals surface area contributed by atoms with Crippen molar-refractivity contribution in [3.8, 4) is 5.75 Å². The van der Waals surface area contributed by atoms with E-state index >= 15 is 0 Å². The van der Waals surface area contributed by atoms with Crippen molar-refractivity contribution in [2.45, 2.75) is 53.0 Å². The van der Waals surface area contributed by atoms with Crippen LogP contribution in [0.3, 0.4) is 0 Å². The summed E-state index contributed by atoms with van der Waals surface area (Å²) in [5, 5.41) is 10.9. The summed E-state index contributed by atoms with van der Waals surface area (Å²) < 4.78 is 11.0. The van der Waals surface area contributed by atoms with Gasteiger partial charge in [0, 0.05) is 31.5 Å². The predicted octanol–water partition coefficient (Wildman–Crippen LogP) is 3.65. The van der Waals surface area contributed by atoms with Crippen LogP contribution in [0.5, 0.6) is 5.75 Å². The summed E-state index contributed by atoms with van der Waals surface area (Å²) in [5.41, 5.74) is 4.77. The Labute approximate surface area is 184 Å². The molecule has 0 amide bonds. The van der Waals surface area contributed by atoms with Crippen LogP contribution in [-0.2, 0) is 32.2 Å². The molecular weight excluding hydrogens is 467 g/mol. The van der Waals surface area contributed by atoms with E-state index in [-0.39, 0.29) is 24.0 Å². The second kappa shape index (κ2) is 11.3. The van der Waals surface area contributed by atoms with Crippen molar-refractivity contribution < 1.29 is 9.26 Å². The normalized spacial score (nSPS) is 12.9. The number of hydrogen-bond donors (Lipinski definition) is 2. The van der Waals surface area contributed by atoms with Gasteiger partial charge in [0.1, 0.15) is 11.5 Å². The number of aromatic nitrogens is 1. The first-order valence-electron chi connectivity index (χ1n) is 9.98. The van der Waals surface area contributed by atoms with E-state index in [0.717, 1.165) is 74.1 Å². The number of fused-ring (bicyclic) bond motifs is 1. The maximum atomic E-state index is 5.58. The highest BCUT2D eigenvalue weighted by Crippen LogP contribution is 2.25. The molecule has 28 heavy (non-hydrogen) atoms. The Bertz CT molecular complexity index is 767. The number of guanidine groups is 1. The number of hydrogen-bond acceptors (Lipinski definition) is 4. The van der Waals surface area contributed by atoms with E-state index in [1.807, 2.05) is 0 Å². The van der Waals surface area contributed by atoms with Crippen LogP contribution in [-0.4, -0.2) is 30.8 Å². The first-order valence-corrected chi connectivity index (χ1v) is 9.98. The first kappa shape index (κ1) is 22.5. The Morgan fingerprint density at radius 2 is 2.04 bits per heavy atom. The predicted molar refractivity (Wildman–Crippen MR) is 123 cm³/mol. The van der Waals surface area contributed by atoms with E-state index in [0.29, 0.717) is 6.54 Å². The van der Waals surface area contributed by atoms with Crippen LogP contribution in [0.15, 0.2) is 27.7 Å². The van der Waals surface area contributed by atoms with Crippen molar-refractivity contribution in [3.05, 3.63) is 46.3 Å². The highest BCUT2D eigenvalue weighted by molar-refractivity contribution is 14.0. The molecule has 1 aliphatic rings. The summed E-state index contributed by atoms with van der Waals surface area (Å²) in [7, 11) is 0. The largest absolute Gasteiger partial charge is 0.493 e. The zero-order chi connectivity index (χ0) is 19.1. The Kier molecular flexibility index (Phi) is 9.08. The van der Waals surface area contributed by atoms with E-state index in [9.17, 15) is 0 Å². The van der Waals surface area contributed by atoms with Crippen LogP contribution < -0.4 is 15.4 Å². The van der Waals surface area contributed by atoms with Crippen molar-refractivity contribution in [1.29, 1.82) is 0 Å². The summed E-state index contributed by atoms with van der Waals surface area (Å²) in [4.78, 5) is 4.74. The summed E-state index contributed by atoms with van der Waals surface area (Å²) in [6.45, 7) is 9.29. The SMILES string of the molecule is CCNC(=NCc1c(CC)noc1CC)NCCc1ccc2c(c1)CCO2.I. The molecule has 0 atom stereocenters. The monoisotopic (exact) mass is 498 g/mol. The number of rotatable bonds is 8. The lowest BCUT2D eigenvalue weighted by Gasteiger charge is -2.12. The molecule has 0 unspecified atom stereocenters. The van der Waals surface area contributed by atoms with Crippen molar-refractivity contribution in [2.75, 3.05) is 19.7 Å². The van der Waals surface area contributed by atoms with E-state index in [4.69, 9.17) is 14.3 Å². The Hall–Kier alpha value is -1.77. The molecule has 0 saturated carbocycles.